The summed E-state index contributed by atoms with van der Waals surface area (Å²) in [5.74, 6) is -0.290. The lowest BCUT2D eigenvalue weighted by Gasteiger charge is -2.23. The summed E-state index contributed by atoms with van der Waals surface area (Å²) in [6.45, 7) is 6.70. The normalized spacial score (nSPS) is 15.6. The van der Waals surface area contributed by atoms with E-state index in [1.54, 1.807) is 12.1 Å². The maximum Gasteiger partial charge on any atom is 0.282 e. The van der Waals surface area contributed by atoms with E-state index >= 15 is 0 Å². The molecular formula is C34H42N2O7S2. The smallest absolute Gasteiger partial charge is 0.282 e. The number of hydrogen-bond donors (Lipinski definition) is 3. The number of benzene rings is 3. The van der Waals surface area contributed by atoms with E-state index < -0.39 is 44.1 Å². The third-order valence-electron chi connectivity index (χ3n) is 7.86. The van der Waals surface area contributed by atoms with Crippen molar-refractivity contribution in [2.24, 2.45) is 5.92 Å². The van der Waals surface area contributed by atoms with Crippen LogP contribution in [-0.2, 0) is 31.5 Å². The van der Waals surface area contributed by atoms with Gasteiger partial charge in [0.25, 0.3) is 21.9 Å². The number of carbonyl (C=O) groups excluding carboxylic acids is 2. The number of nitrogens with one attached hydrogen (secondary N) is 2. The minimum Gasteiger partial charge on any atom is -0.611 e. The van der Waals surface area contributed by atoms with E-state index in [2.05, 4.69) is 31.4 Å². The molecule has 0 bridgehead atoms. The highest BCUT2D eigenvalue weighted by molar-refractivity contribution is 7.92. The van der Waals surface area contributed by atoms with Crippen molar-refractivity contribution in [1.29, 1.82) is 0 Å². The van der Waals surface area contributed by atoms with Crippen molar-refractivity contribution in [1.82, 2.24) is 5.32 Å². The lowest BCUT2D eigenvalue weighted by Crippen LogP contribution is -2.29. The van der Waals surface area contributed by atoms with E-state index in [1.807, 2.05) is 36.4 Å². The quantitative estimate of drug-likeness (QED) is 0.159. The average molecular weight is 655 g/mol. The summed E-state index contributed by atoms with van der Waals surface area (Å²) in [5, 5.41) is 4.28. The fourth-order valence-electron chi connectivity index (χ4n) is 5.21. The third kappa shape index (κ3) is 10.3. The lowest BCUT2D eigenvalue weighted by molar-refractivity contribution is -0.115. The summed E-state index contributed by atoms with van der Waals surface area (Å²) in [5.41, 5.74) is 2.32. The molecule has 2 atom stereocenters. The van der Waals surface area contributed by atoms with Gasteiger partial charge in [-0.2, -0.15) is 8.42 Å². The number of anilines is 1. The molecule has 4 rings (SSSR count). The highest BCUT2D eigenvalue weighted by Crippen LogP contribution is 2.33. The molecule has 2 unspecified atom stereocenters. The molecule has 45 heavy (non-hydrogen) atoms. The minimum atomic E-state index is -4.21. The first kappa shape index (κ1) is 34.5. The van der Waals surface area contributed by atoms with Gasteiger partial charge in [-0.05, 0) is 78.3 Å². The Morgan fingerprint density at radius 2 is 1.58 bits per heavy atom. The van der Waals surface area contributed by atoms with Crippen LogP contribution in [0.2, 0.25) is 0 Å². The van der Waals surface area contributed by atoms with Crippen molar-refractivity contribution in [2.75, 3.05) is 24.2 Å². The maximum atomic E-state index is 13.9. The van der Waals surface area contributed by atoms with E-state index in [1.165, 1.54) is 56.4 Å². The van der Waals surface area contributed by atoms with Gasteiger partial charge in [-0.3, -0.25) is 14.1 Å². The molecule has 3 aromatic rings. The van der Waals surface area contributed by atoms with Crippen LogP contribution < -0.4 is 15.4 Å². The van der Waals surface area contributed by atoms with Crippen molar-refractivity contribution < 1.29 is 31.8 Å². The molecule has 242 valence electrons. The highest BCUT2D eigenvalue weighted by Gasteiger charge is 2.35. The second-order valence-electron chi connectivity index (χ2n) is 12.4. The molecular weight excluding hydrogens is 613 g/mol. The Balaban J connectivity index is 1.49. The molecule has 0 aromatic heterocycles. The van der Waals surface area contributed by atoms with Crippen LogP contribution in [0.3, 0.4) is 0 Å². The van der Waals surface area contributed by atoms with Crippen molar-refractivity contribution in [3.05, 3.63) is 89.5 Å². The molecule has 0 spiro atoms. The molecule has 0 heterocycles. The van der Waals surface area contributed by atoms with Crippen LogP contribution in [0.1, 0.15) is 79.6 Å². The number of amides is 2. The number of hydrogen-bond acceptors (Lipinski definition) is 6. The predicted octanol–water partition coefficient (Wildman–Crippen LogP) is 6.05. The molecule has 1 aliphatic carbocycles. The van der Waals surface area contributed by atoms with Crippen LogP contribution in [0.25, 0.3) is 0 Å². The standard InChI is InChI=1S/C34H42N2O7S2/c1-34(2,3)27-13-9-25(10-14-27)31(44(39)30-19-11-26(12-20-30)32(37)35-21-22-45(40,41)42)33(38)36-28-15-17-29(18-16-28)43-23-24-7-5-4-6-8-24/h9-20,24,31H,4-8,21-23H2,1-3H3,(H,35,37)(H,36,38)(H,40,41,42). The van der Waals surface area contributed by atoms with Crippen LogP contribution in [0.4, 0.5) is 5.69 Å². The van der Waals surface area contributed by atoms with Crippen LogP contribution in [0.15, 0.2) is 77.7 Å². The molecule has 1 aliphatic rings. The summed E-state index contributed by atoms with van der Waals surface area (Å²) >= 11 is -1.83. The van der Waals surface area contributed by atoms with Gasteiger partial charge in [0.2, 0.25) is 5.25 Å². The van der Waals surface area contributed by atoms with E-state index in [0.29, 0.717) is 28.7 Å². The van der Waals surface area contributed by atoms with Gasteiger partial charge in [-0.25, -0.2) is 0 Å². The van der Waals surface area contributed by atoms with Crippen molar-refractivity contribution >= 4 is 38.8 Å². The van der Waals surface area contributed by atoms with Crippen LogP contribution in [0, 0.1) is 5.92 Å². The first-order valence-corrected chi connectivity index (χ1v) is 18.0. The lowest BCUT2D eigenvalue weighted by atomic mass is 9.86. The van der Waals surface area contributed by atoms with E-state index in [0.717, 1.165) is 11.3 Å². The third-order valence-corrected chi connectivity index (χ3v) is 10.2. The number of rotatable bonds is 12. The second-order valence-corrected chi connectivity index (χ2v) is 15.6. The van der Waals surface area contributed by atoms with Gasteiger partial charge >= 0.3 is 0 Å². The topological polar surface area (TPSA) is 145 Å². The maximum absolute atomic E-state index is 13.9. The van der Waals surface area contributed by atoms with Gasteiger partial charge in [0, 0.05) is 34.5 Å². The number of ether oxygens (including phenoxy) is 1. The van der Waals surface area contributed by atoms with E-state index in [-0.39, 0.29) is 17.5 Å². The van der Waals surface area contributed by atoms with Gasteiger partial charge < -0.3 is 19.9 Å². The molecule has 3 aromatic carbocycles. The number of carbonyl (C=O) groups is 2. The molecule has 1 saturated carbocycles. The fourth-order valence-corrected chi connectivity index (χ4v) is 6.91. The molecule has 1 fully saturated rings. The Labute approximate surface area is 269 Å². The van der Waals surface area contributed by atoms with E-state index in [9.17, 15) is 22.6 Å². The van der Waals surface area contributed by atoms with Crippen LogP contribution >= 0.6 is 0 Å². The Hall–Kier alpha value is -3.38. The molecule has 9 nitrogen and oxygen atoms in total. The summed E-state index contributed by atoms with van der Waals surface area (Å²) < 4.78 is 50.6. The Morgan fingerprint density at radius 3 is 2.16 bits per heavy atom. The molecule has 0 aliphatic heterocycles. The first-order chi connectivity index (χ1) is 21.3. The predicted molar refractivity (Wildman–Crippen MR) is 177 cm³/mol. The molecule has 2 amide bonds. The largest absolute Gasteiger partial charge is 0.611 e. The summed E-state index contributed by atoms with van der Waals surface area (Å²) in [7, 11) is -4.21. The van der Waals surface area contributed by atoms with Gasteiger partial charge in [0.05, 0.1) is 12.4 Å². The zero-order chi connectivity index (χ0) is 32.6. The van der Waals surface area contributed by atoms with Gasteiger partial charge in [-0.1, -0.05) is 64.3 Å². The summed E-state index contributed by atoms with van der Waals surface area (Å²) in [4.78, 5) is 26.5. The summed E-state index contributed by atoms with van der Waals surface area (Å²) in [6, 6.07) is 20.6. The van der Waals surface area contributed by atoms with Crippen molar-refractivity contribution in [3.63, 3.8) is 0 Å². The van der Waals surface area contributed by atoms with Crippen LogP contribution in [0.5, 0.6) is 5.75 Å². The first-order valence-electron chi connectivity index (χ1n) is 15.2. The molecule has 0 saturated heterocycles. The monoisotopic (exact) mass is 654 g/mol. The summed E-state index contributed by atoms with van der Waals surface area (Å²) in [6.07, 6.45) is 6.17. The second kappa shape index (κ2) is 15.3. The van der Waals surface area contributed by atoms with Crippen molar-refractivity contribution in [3.8, 4) is 5.75 Å². The zero-order valence-corrected chi connectivity index (χ0v) is 27.6. The molecule has 11 heteroatoms. The highest BCUT2D eigenvalue weighted by atomic mass is 32.2. The van der Waals surface area contributed by atoms with Crippen molar-refractivity contribution in [2.45, 2.75) is 68.4 Å². The van der Waals surface area contributed by atoms with Gasteiger partial charge in [-0.15, -0.1) is 0 Å². The minimum absolute atomic E-state index is 0.103. The Bertz CT molecular complexity index is 1530. The van der Waals surface area contributed by atoms with E-state index in [4.69, 9.17) is 9.29 Å². The molecule has 3 N–H and O–H groups in total. The zero-order valence-electron chi connectivity index (χ0n) is 26.0. The Kier molecular flexibility index (Phi) is 11.7. The van der Waals surface area contributed by atoms with Gasteiger partial charge in [0.1, 0.15) is 5.75 Å². The average Bonchev–Trinajstić information content (AvgIpc) is 3.00. The molecule has 0 radical (unpaired) electrons. The van der Waals surface area contributed by atoms with Gasteiger partial charge in [0.15, 0.2) is 4.90 Å². The Morgan fingerprint density at radius 1 is 0.956 bits per heavy atom. The van der Waals surface area contributed by atoms with Crippen LogP contribution in [-0.4, -0.2) is 48.2 Å². The fraction of sp³-hybridized carbons (Fsp3) is 0.412. The SMILES string of the molecule is CC(C)(C)c1ccc(C(C(=O)Nc2ccc(OCC3CCCCC3)cc2)[S+]([O-])c2ccc(C(=O)NCCS(=O)(=O)O)cc2)cc1.